The zero-order chi connectivity index (χ0) is 19.5. The van der Waals surface area contributed by atoms with Crippen molar-refractivity contribution >= 4 is 22.5 Å². The zero-order valence-corrected chi connectivity index (χ0v) is 15.0. The van der Waals surface area contributed by atoms with Gasteiger partial charge in [0.05, 0.1) is 35.8 Å². The van der Waals surface area contributed by atoms with Crippen LogP contribution in [-0.2, 0) is 0 Å². The van der Waals surface area contributed by atoms with E-state index in [4.69, 9.17) is 0 Å². The van der Waals surface area contributed by atoms with Crippen molar-refractivity contribution in [3.63, 3.8) is 0 Å². The Morgan fingerprint density at radius 1 is 1.21 bits per heavy atom. The molecule has 1 aromatic carbocycles. The van der Waals surface area contributed by atoms with Crippen LogP contribution in [0.25, 0.3) is 10.9 Å². The molecule has 0 aliphatic heterocycles. The van der Waals surface area contributed by atoms with Gasteiger partial charge in [-0.05, 0) is 31.2 Å². The van der Waals surface area contributed by atoms with Crippen molar-refractivity contribution in [1.82, 2.24) is 25.1 Å². The average Bonchev–Trinajstić information content (AvgIpc) is 3.11. The molecule has 0 aliphatic carbocycles. The molecule has 4 aromatic rings. The minimum Gasteiger partial charge on any atom is -0.323 e. The van der Waals surface area contributed by atoms with Crippen molar-refractivity contribution in [2.75, 3.05) is 5.32 Å². The molecule has 2 N–H and O–H groups in total. The second kappa shape index (κ2) is 7.40. The fourth-order valence-electron chi connectivity index (χ4n) is 2.96. The van der Waals surface area contributed by atoms with E-state index in [-0.39, 0.29) is 6.42 Å². The third kappa shape index (κ3) is 3.50. The maximum Gasteiger partial charge on any atom is 0.153 e. The summed E-state index contributed by atoms with van der Waals surface area (Å²) in [6.45, 7) is 1.91. The van der Waals surface area contributed by atoms with Gasteiger partial charge in [-0.15, -0.1) is 0 Å². The summed E-state index contributed by atoms with van der Waals surface area (Å²) in [5, 5.41) is 20.4. The molecular formula is C20H16FN7. The van der Waals surface area contributed by atoms with Crippen molar-refractivity contribution in [2.24, 2.45) is 0 Å². The lowest BCUT2D eigenvalue weighted by Crippen LogP contribution is -2.10. The van der Waals surface area contributed by atoms with E-state index in [1.807, 2.05) is 37.3 Å². The highest BCUT2D eigenvalue weighted by molar-refractivity contribution is 5.90. The summed E-state index contributed by atoms with van der Waals surface area (Å²) in [6, 6.07) is 14.5. The van der Waals surface area contributed by atoms with Gasteiger partial charge in [0.15, 0.2) is 5.82 Å². The normalized spacial score (nSPS) is 11.9. The number of nitrogens with one attached hydrogen (secondary N) is 2. The number of anilines is 2. The van der Waals surface area contributed by atoms with E-state index in [0.717, 1.165) is 22.8 Å². The molecule has 3 aromatic heterocycles. The van der Waals surface area contributed by atoms with Crippen molar-refractivity contribution in [2.45, 2.75) is 19.3 Å². The number of pyridine rings is 1. The number of nitriles is 1. The highest BCUT2D eigenvalue weighted by Gasteiger charge is 2.21. The summed E-state index contributed by atoms with van der Waals surface area (Å²) in [5.74, 6) is 0.738. The molecule has 0 saturated heterocycles. The number of halogens is 1. The lowest BCUT2D eigenvalue weighted by molar-refractivity contribution is 0.615. The van der Waals surface area contributed by atoms with E-state index in [2.05, 4.69) is 36.5 Å². The van der Waals surface area contributed by atoms with Crippen molar-refractivity contribution in [1.29, 1.82) is 5.26 Å². The first-order valence-corrected chi connectivity index (χ1v) is 8.68. The summed E-state index contributed by atoms with van der Waals surface area (Å²) >= 11 is 0. The summed E-state index contributed by atoms with van der Waals surface area (Å²) in [5.41, 5.74) is 2.19. The zero-order valence-electron chi connectivity index (χ0n) is 15.0. The molecule has 0 spiro atoms. The SMILES string of the molecule is Cc1cc(Nc2nc([C@@H](CC#N)c3ccc(F)cn3)nc3ccccc23)n[nH]1. The molecule has 0 fully saturated rings. The van der Waals surface area contributed by atoms with E-state index >= 15 is 0 Å². The first kappa shape index (κ1) is 17.5. The van der Waals surface area contributed by atoms with Gasteiger partial charge in [-0.1, -0.05) is 12.1 Å². The summed E-state index contributed by atoms with van der Waals surface area (Å²) in [4.78, 5) is 13.4. The van der Waals surface area contributed by atoms with Crippen LogP contribution in [0.5, 0.6) is 0 Å². The molecule has 8 heteroatoms. The van der Waals surface area contributed by atoms with Crippen LogP contribution in [0.2, 0.25) is 0 Å². The summed E-state index contributed by atoms with van der Waals surface area (Å²) in [7, 11) is 0. The number of rotatable bonds is 5. The van der Waals surface area contributed by atoms with Crippen LogP contribution >= 0.6 is 0 Å². The average molecular weight is 373 g/mol. The number of nitrogens with zero attached hydrogens (tertiary/aromatic N) is 5. The van der Waals surface area contributed by atoms with Gasteiger partial charge in [-0.25, -0.2) is 14.4 Å². The number of H-pyrrole nitrogens is 1. The monoisotopic (exact) mass is 373 g/mol. The Morgan fingerprint density at radius 2 is 2.07 bits per heavy atom. The van der Waals surface area contributed by atoms with Crippen molar-refractivity contribution in [3.05, 3.63) is 71.7 Å². The van der Waals surface area contributed by atoms with Gasteiger partial charge in [0.1, 0.15) is 17.5 Å². The second-order valence-electron chi connectivity index (χ2n) is 6.32. The number of para-hydroxylation sites is 1. The minimum atomic E-state index is -0.475. The first-order valence-electron chi connectivity index (χ1n) is 8.68. The Hall–Kier alpha value is -3.86. The van der Waals surface area contributed by atoms with E-state index < -0.39 is 11.7 Å². The quantitative estimate of drug-likeness (QED) is 0.548. The maximum atomic E-state index is 13.3. The third-order valence-corrected chi connectivity index (χ3v) is 4.29. The van der Waals surface area contributed by atoms with E-state index in [9.17, 15) is 9.65 Å². The summed E-state index contributed by atoms with van der Waals surface area (Å²) in [6.07, 6.45) is 1.25. The van der Waals surface area contributed by atoms with Crippen molar-refractivity contribution in [3.8, 4) is 6.07 Å². The van der Waals surface area contributed by atoms with Gasteiger partial charge in [-0.3, -0.25) is 10.1 Å². The Labute approximate surface area is 160 Å². The van der Waals surface area contributed by atoms with Crippen LogP contribution in [0.15, 0.2) is 48.7 Å². The maximum absolute atomic E-state index is 13.3. The topological polar surface area (TPSA) is 103 Å². The highest BCUT2D eigenvalue weighted by Crippen LogP contribution is 2.29. The Kier molecular flexibility index (Phi) is 4.64. The molecule has 4 rings (SSSR count). The fraction of sp³-hybridized carbons (Fsp3) is 0.150. The molecule has 0 bridgehead atoms. The molecular weight excluding hydrogens is 357 g/mol. The Bertz CT molecular complexity index is 1160. The molecule has 0 aliphatic rings. The Balaban J connectivity index is 1.83. The fourth-order valence-corrected chi connectivity index (χ4v) is 2.96. The van der Waals surface area contributed by atoms with Gasteiger partial charge >= 0.3 is 0 Å². The van der Waals surface area contributed by atoms with Crippen LogP contribution in [0.3, 0.4) is 0 Å². The standard InChI is InChI=1S/C20H16FN7/c1-12-10-18(28-27-12)25-20-14-4-2-3-5-17(14)24-19(26-20)15(8-9-22)16-7-6-13(21)11-23-16/h2-7,10-11,15H,8H2,1H3,(H2,24,25,26,27,28)/t15-/m0/s1. The molecule has 7 nitrogen and oxygen atoms in total. The van der Waals surface area contributed by atoms with Gasteiger partial charge < -0.3 is 5.32 Å². The van der Waals surface area contributed by atoms with Gasteiger partial charge in [-0.2, -0.15) is 10.4 Å². The minimum absolute atomic E-state index is 0.123. The molecule has 138 valence electrons. The van der Waals surface area contributed by atoms with Crippen LogP contribution in [0, 0.1) is 24.1 Å². The molecule has 0 unspecified atom stereocenters. The number of aryl methyl sites for hydroxylation is 1. The number of hydrogen-bond donors (Lipinski definition) is 2. The molecule has 0 saturated carbocycles. The molecule has 3 heterocycles. The lowest BCUT2D eigenvalue weighted by atomic mass is 10.00. The molecule has 1 atom stereocenters. The lowest BCUT2D eigenvalue weighted by Gasteiger charge is -2.15. The van der Waals surface area contributed by atoms with Crippen LogP contribution in [0.1, 0.15) is 29.6 Å². The van der Waals surface area contributed by atoms with Crippen LogP contribution in [0.4, 0.5) is 16.0 Å². The number of fused-ring (bicyclic) bond motifs is 1. The third-order valence-electron chi connectivity index (χ3n) is 4.29. The van der Waals surface area contributed by atoms with Gasteiger partial charge in [0.2, 0.25) is 0 Å². The highest BCUT2D eigenvalue weighted by atomic mass is 19.1. The molecule has 0 amide bonds. The smallest absolute Gasteiger partial charge is 0.153 e. The molecule has 0 radical (unpaired) electrons. The van der Waals surface area contributed by atoms with Crippen LogP contribution in [-0.4, -0.2) is 25.1 Å². The van der Waals surface area contributed by atoms with Crippen molar-refractivity contribution < 1.29 is 4.39 Å². The largest absolute Gasteiger partial charge is 0.323 e. The number of hydrogen-bond acceptors (Lipinski definition) is 6. The Morgan fingerprint density at radius 3 is 2.79 bits per heavy atom. The van der Waals surface area contributed by atoms with Gasteiger partial charge in [0, 0.05) is 17.1 Å². The van der Waals surface area contributed by atoms with E-state index in [1.165, 1.54) is 6.07 Å². The first-order chi connectivity index (χ1) is 13.6. The predicted octanol–water partition coefficient (Wildman–Crippen LogP) is 3.98. The predicted molar refractivity (Wildman–Crippen MR) is 102 cm³/mol. The number of benzene rings is 1. The summed E-state index contributed by atoms with van der Waals surface area (Å²) < 4.78 is 13.3. The second-order valence-corrected chi connectivity index (χ2v) is 6.32. The van der Waals surface area contributed by atoms with E-state index in [1.54, 1.807) is 6.07 Å². The van der Waals surface area contributed by atoms with Gasteiger partial charge in [0.25, 0.3) is 0 Å². The van der Waals surface area contributed by atoms with Crippen LogP contribution < -0.4 is 5.32 Å². The molecule has 28 heavy (non-hydrogen) atoms. The van der Waals surface area contributed by atoms with E-state index in [0.29, 0.717) is 23.2 Å². The number of aromatic nitrogens is 5. The number of aromatic amines is 1.